The third kappa shape index (κ3) is 6.34. The molecule has 0 atom stereocenters. The maximum atomic E-state index is 12.6. The average Bonchev–Trinajstić information content (AvgIpc) is 2.71. The van der Waals surface area contributed by atoms with Crippen LogP contribution in [0, 0.1) is 0 Å². The molecule has 0 saturated heterocycles. The number of rotatable bonds is 10. The van der Waals surface area contributed by atoms with Crippen molar-refractivity contribution in [2.24, 2.45) is 5.73 Å². The molecule has 9 nitrogen and oxygen atoms in total. The number of amides is 2. The molecular weight excluding hydrogens is 434 g/mol. The van der Waals surface area contributed by atoms with E-state index in [-0.39, 0.29) is 34.4 Å². The molecule has 162 valence electrons. The number of carbonyl (C=O) groups is 2. The van der Waals surface area contributed by atoms with E-state index in [1.54, 1.807) is 24.3 Å². The molecule has 2 aromatic rings. The summed E-state index contributed by atoms with van der Waals surface area (Å²) in [4.78, 5) is 23.5. The van der Waals surface area contributed by atoms with E-state index in [2.05, 4.69) is 10.0 Å². The van der Waals surface area contributed by atoms with Crippen molar-refractivity contribution in [1.29, 1.82) is 0 Å². The Hall–Kier alpha value is -2.82. The number of ether oxygens (including phenoxy) is 2. The first-order valence-electron chi connectivity index (χ1n) is 8.71. The Morgan fingerprint density at radius 3 is 2.43 bits per heavy atom. The van der Waals surface area contributed by atoms with Gasteiger partial charge in [0.2, 0.25) is 10.0 Å². The fourth-order valence-electron chi connectivity index (χ4n) is 2.56. The molecular formula is C19H22ClN3O6S. The van der Waals surface area contributed by atoms with Crippen molar-refractivity contribution in [2.75, 3.05) is 20.8 Å². The number of primary amides is 1. The largest absolute Gasteiger partial charge is 0.493 e. The Labute approximate surface area is 179 Å². The Morgan fingerprint density at radius 2 is 1.83 bits per heavy atom. The van der Waals surface area contributed by atoms with Gasteiger partial charge in [-0.3, -0.25) is 9.59 Å². The summed E-state index contributed by atoms with van der Waals surface area (Å²) < 4.78 is 36.4. The lowest BCUT2D eigenvalue weighted by Crippen LogP contribution is -2.25. The molecule has 0 bridgehead atoms. The number of hydrogen-bond donors (Lipinski definition) is 3. The van der Waals surface area contributed by atoms with Gasteiger partial charge in [0.05, 0.1) is 17.9 Å². The van der Waals surface area contributed by atoms with E-state index in [9.17, 15) is 18.0 Å². The van der Waals surface area contributed by atoms with Crippen LogP contribution in [0.5, 0.6) is 11.5 Å². The van der Waals surface area contributed by atoms with Gasteiger partial charge in [-0.15, -0.1) is 0 Å². The van der Waals surface area contributed by atoms with Gasteiger partial charge in [0.15, 0.2) is 18.1 Å². The molecule has 2 rings (SSSR count). The van der Waals surface area contributed by atoms with Crippen LogP contribution in [0.2, 0.25) is 5.02 Å². The number of carbonyl (C=O) groups excluding carboxylic acids is 2. The van der Waals surface area contributed by atoms with Crippen LogP contribution in [-0.4, -0.2) is 41.0 Å². The lowest BCUT2D eigenvalue weighted by atomic mass is 10.1. The topological polar surface area (TPSA) is 137 Å². The Kier molecular flexibility index (Phi) is 8.04. The van der Waals surface area contributed by atoms with Crippen LogP contribution >= 0.6 is 11.6 Å². The van der Waals surface area contributed by atoms with Gasteiger partial charge in [0.25, 0.3) is 11.8 Å². The van der Waals surface area contributed by atoms with Crippen molar-refractivity contribution in [3.8, 4) is 11.5 Å². The number of halogens is 1. The molecule has 0 heterocycles. The van der Waals surface area contributed by atoms with Gasteiger partial charge in [-0.2, -0.15) is 0 Å². The summed E-state index contributed by atoms with van der Waals surface area (Å²) in [6.45, 7) is -0.290. The van der Waals surface area contributed by atoms with E-state index < -0.39 is 28.4 Å². The Morgan fingerprint density at radius 1 is 1.17 bits per heavy atom. The van der Waals surface area contributed by atoms with E-state index in [1.807, 2.05) is 0 Å². The van der Waals surface area contributed by atoms with Gasteiger partial charge in [0.1, 0.15) is 0 Å². The minimum atomic E-state index is -3.46. The lowest BCUT2D eigenvalue weighted by molar-refractivity contribution is -0.119. The molecule has 0 aliphatic carbocycles. The fourth-order valence-corrected chi connectivity index (χ4v) is 3.66. The molecule has 2 amide bonds. The summed E-state index contributed by atoms with van der Waals surface area (Å²) in [5, 5.41) is 2.79. The number of nitrogens with one attached hydrogen (secondary N) is 2. The second-order valence-corrected chi connectivity index (χ2v) is 8.49. The SMILES string of the molecule is CNS(=O)(=O)Cc1ccccc1CNC(=O)c1cc(Cl)c(OCC(N)=O)c(OC)c1. The average molecular weight is 456 g/mol. The molecule has 0 unspecified atom stereocenters. The highest BCUT2D eigenvalue weighted by Gasteiger charge is 2.17. The number of hydrogen-bond acceptors (Lipinski definition) is 6. The predicted octanol–water partition coefficient (Wildman–Crippen LogP) is 1.19. The zero-order valence-electron chi connectivity index (χ0n) is 16.4. The van der Waals surface area contributed by atoms with Crippen molar-refractivity contribution >= 4 is 33.4 Å². The molecule has 0 spiro atoms. The smallest absolute Gasteiger partial charge is 0.255 e. The predicted molar refractivity (Wildman–Crippen MR) is 112 cm³/mol. The first kappa shape index (κ1) is 23.5. The van der Waals surface area contributed by atoms with E-state index in [1.165, 1.54) is 26.3 Å². The Bertz CT molecular complexity index is 1040. The number of benzene rings is 2. The van der Waals surface area contributed by atoms with Gasteiger partial charge in [-0.05, 0) is 30.3 Å². The highest BCUT2D eigenvalue weighted by Crippen LogP contribution is 2.36. The van der Waals surface area contributed by atoms with Crippen molar-refractivity contribution in [3.63, 3.8) is 0 Å². The molecule has 30 heavy (non-hydrogen) atoms. The standard InChI is InChI=1S/C19H22ClN3O6S/c1-22-30(26,27)11-13-6-4-3-5-12(13)9-23-19(25)14-7-15(20)18(16(8-14)28-2)29-10-17(21)24/h3-8,22H,9-11H2,1-2H3,(H2,21,24)(H,23,25). The molecule has 0 radical (unpaired) electrons. The molecule has 11 heteroatoms. The summed E-state index contributed by atoms with van der Waals surface area (Å²) in [5.74, 6) is -1.09. The second-order valence-electron chi connectivity index (χ2n) is 6.16. The van der Waals surface area contributed by atoms with Crippen molar-refractivity contribution < 1.29 is 27.5 Å². The maximum Gasteiger partial charge on any atom is 0.255 e. The summed E-state index contributed by atoms with van der Waals surface area (Å²) in [6, 6.07) is 9.67. The van der Waals surface area contributed by atoms with Crippen LogP contribution in [0.4, 0.5) is 0 Å². The number of nitrogens with two attached hydrogens (primary N) is 1. The number of methoxy groups -OCH3 is 1. The van der Waals surface area contributed by atoms with Crippen LogP contribution in [0.1, 0.15) is 21.5 Å². The summed E-state index contributed by atoms with van der Waals surface area (Å²) in [5.41, 5.74) is 6.48. The highest BCUT2D eigenvalue weighted by atomic mass is 35.5. The van der Waals surface area contributed by atoms with Crippen LogP contribution < -0.4 is 25.2 Å². The van der Waals surface area contributed by atoms with Gasteiger partial charge < -0.3 is 20.5 Å². The van der Waals surface area contributed by atoms with Crippen LogP contribution in [0.3, 0.4) is 0 Å². The minimum Gasteiger partial charge on any atom is -0.493 e. The van der Waals surface area contributed by atoms with Gasteiger partial charge >= 0.3 is 0 Å². The van der Waals surface area contributed by atoms with E-state index in [0.29, 0.717) is 11.1 Å². The molecule has 0 aliphatic rings. The summed E-state index contributed by atoms with van der Waals surface area (Å²) >= 11 is 6.16. The van der Waals surface area contributed by atoms with E-state index >= 15 is 0 Å². The lowest BCUT2D eigenvalue weighted by Gasteiger charge is -2.14. The molecule has 2 aromatic carbocycles. The third-order valence-electron chi connectivity index (χ3n) is 4.06. The normalized spacial score (nSPS) is 11.0. The quantitative estimate of drug-likeness (QED) is 0.492. The Balaban J connectivity index is 2.18. The van der Waals surface area contributed by atoms with Crippen molar-refractivity contribution in [3.05, 3.63) is 58.1 Å². The third-order valence-corrected chi connectivity index (χ3v) is 5.66. The zero-order chi connectivity index (χ0) is 22.3. The first-order chi connectivity index (χ1) is 14.2. The van der Waals surface area contributed by atoms with Crippen LogP contribution in [-0.2, 0) is 27.1 Å². The molecule has 0 aromatic heterocycles. The van der Waals surface area contributed by atoms with Crippen LogP contribution in [0.15, 0.2) is 36.4 Å². The second kappa shape index (κ2) is 10.3. The summed E-state index contributed by atoms with van der Waals surface area (Å²) in [7, 11) is -0.755. The van der Waals surface area contributed by atoms with E-state index in [4.69, 9.17) is 26.8 Å². The minimum absolute atomic E-state index is 0.0706. The zero-order valence-corrected chi connectivity index (χ0v) is 18.0. The monoisotopic (exact) mass is 455 g/mol. The molecule has 0 aliphatic heterocycles. The fraction of sp³-hybridized carbons (Fsp3) is 0.263. The van der Waals surface area contributed by atoms with Crippen molar-refractivity contribution in [1.82, 2.24) is 10.0 Å². The summed E-state index contributed by atoms with van der Waals surface area (Å²) in [6.07, 6.45) is 0. The molecule has 0 saturated carbocycles. The molecule has 0 fully saturated rings. The highest BCUT2D eigenvalue weighted by molar-refractivity contribution is 7.88. The maximum absolute atomic E-state index is 12.6. The van der Waals surface area contributed by atoms with Gasteiger partial charge in [-0.25, -0.2) is 13.1 Å². The first-order valence-corrected chi connectivity index (χ1v) is 10.7. The number of sulfonamides is 1. The van der Waals surface area contributed by atoms with Gasteiger partial charge in [0, 0.05) is 12.1 Å². The van der Waals surface area contributed by atoms with Crippen molar-refractivity contribution in [2.45, 2.75) is 12.3 Å². The van der Waals surface area contributed by atoms with Gasteiger partial charge in [-0.1, -0.05) is 35.9 Å². The van der Waals surface area contributed by atoms with E-state index in [0.717, 1.165) is 0 Å². The van der Waals surface area contributed by atoms with Crippen LogP contribution in [0.25, 0.3) is 0 Å². The molecule has 4 N–H and O–H groups in total.